The lowest BCUT2D eigenvalue weighted by Crippen LogP contribution is -1.89. The van der Waals surface area contributed by atoms with Crippen LogP contribution < -0.4 is 9.47 Å². The van der Waals surface area contributed by atoms with Gasteiger partial charge in [0.2, 0.25) is 0 Å². The van der Waals surface area contributed by atoms with Crippen LogP contribution in [-0.4, -0.2) is 24.3 Å². The molecule has 0 fully saturated rings. The Balaban J connectivity index is 1.98. The number of hydrogen-bond acceptors (Lipinski definition) is 4. The van der Waals surface area contributed by atoms with Crippen molar-refractivity contribution in [1.29, 1.82) is 0 Å². The Morgan fingerprint density at radius 3 is 2.61 bits per heavy atom. The molecular weight excluding hydrogens is 290 g/mol. The number of ether oxygens (including phenoxy) is 2. The summed E-state index contributed by atoms with van der Waals surface area (Å²) in [6.45, 7) is 0. The lowest BCUT2D eigenvalue weighted by Gasteiger charge is -2.07. The second-order valence-electron chi connectivity index (χ2n) is 5.03. The van der Waals surface area contributed by atoms with Gasteiger partial charge in [-0.25, -0.2) is 4.98 Å². The Labute approximate surface area is 134 Å². The molecule has 0 aliphatic rings. The molecule has 3 rings (SSSR count). The van der Waals surface area contributed by atoms with Gasteiger partial charge in [-0.3, -0.25) is 0 Å². The summed E-state index contributed by atoms with van der Waals surface area (Å²) in [5.41, 5.74) is 2.24. The number of rotatable bonds is 4. The fraction of sp³-hybridized carbons (Fsp3) is 0.105. The minimum Gasteiger partial charge on any atom is -0.506 e. The van der Waals surface area contributed by atoms with Crippen molar-refractivity contribution in [3.8, 4) is 17.2 Å². The molecule has 2 aromatic carbocycles. The molecule has 0 aliphatic carbocycles. The lowest BCUT2D eigenvalue weighted by atomic mass is 10.1. The maximum atomic E-state index is 9.91. The van der Waals surface area contributed by atoms with Crippen molar-refractivity contribution >= 4 is 23.1 Å². The van der Waals surface area contributed by atoms with E-state index in [1.807, 2.05) is 48.6 Å². The van der Waals surface area contributed by atoms with E-state index in [1.165, 1.54) is 0 Å². The molecule has 0 unspecified atom stereocenters. The standard InChI is InChI=1S/C19H17NO3/c1-22-16-10-11-18(23-2)14(12-16)7-9-15-8-6-13-4-3-5-17(21)19(13)20-15/h3-12,21H,1-2H3/b9-7+. The number of para-hydroxylation sites is 1. The Hall–Kier alpha value is -3.01. The lowest BCUT2D eigenvalue weighted by molar-refractivity contribution is 0.402. The fourth-order valence-corrected chi connectivity index (χ4v) is 2.38. The molecule has 3 aromatic rings. The number of methoxy groups -OCH3 is 2. The van der Waals surface area contributed by atoms with E-state index < -0.39 is 0 Å². The summed E-state index contributed by atoms with van der Waals surface area (Å²) in [4.78, 5) is 4.48. The van der Waals surface area contributed by atoms with Gasteiger partial charge in [-0.2, -0.15) is 0 Å². The van der Waals surface area contributed by atoms with Gasteiger partial charge < -0.3 is 14.6 Å². The largest absolute Gasteiger partial charge is 0.506 e. The van der Waals surface area contributed by atoms with Gasteiger partial charge in [0, 0.05) is 10.9 Å². The van der Waals surface area contributed by atoms with Gasteiger partial charge in [0.15, 0.2) is 0 Å². The van der Waals surface area contributed by atoms with Crippen molar-refractivity contribution in [2.45, 2.75) is 0 Å². The molecule has 0 saturated heterocycles. The zero-order valence-corrected chi connectivity index (χ0v) is 13.0. The van der Waals surface area contributed by atoms with Gasteiger partial charge in [0.05, 0.1) is 19.9 Å². The quantitative estimate of drug-likeness (QED) is 0.787. The average Bonchev–Trinajstić information content (AvgIpc) is 2.60. The predicted octanol–water partition coefficient (Wildman–Crippen LogP) is 4.13. The molecule has 1 heterocycles. The molecule has 4 heteroatoms. The predicted molar refractivity (Wildman–Crippen MR) is 91.9 cm³/mol. The van der Waals surface area contributed by atoms with Crippen LogP contribution in [0.1, 0.15) is 11.3 Å². The third-order valence-corrected chi connectivity index (χ3v) is 3.59. The third kappa shape index (κ3) is 3.11. The Kier molecular flexibility index (Phi) is 4.15. The molecule has 0 radical (unpaired) electrons. The van der Waals surface area contributed by atoms with Gasteiger partial charge in [-0.1, -0.05) is 18.2 Å². The number of hydrogen-bond donors (Lipinski definition) is 1. The zero-order chi connectivity index (χ0) is 16.2. The Bertz CT molecular complexity index is 872. The minimum absolute atomic E-state index is 0.178. The van der Waals surface area contributed by atoms with E-state index in [0.29, 0.717) is 5.52 Å². The SMILES string of the molecule is COc1ccc(OC)c(/C=C/c2ccc3cccc(O)c3n2)c1. The number of aromatic hydroxyl groups is 1. The van der Waals surface area contributed by atoms with Crippen LogP contribution in [-0.2, 0) is 0 Å². The van der Waals surface area contributed by atoms with Crippen LogP contribution >= 0.6 is 0 Å². The van der Waals surface area contributed by atoms with Crippen LogP contribution in [0.4, 0.5) is 0 Å². The average molecular weight is 307 g/mol. The number of aromatic nitrogens is 1. The number of pyridine rings is 1. The molecule has 0 amide bonds. The molecule has 0 atom stereocenters. The van der Waals surface area contributed by atoms with Crippen LogP contribution in [0.5, 0.6) is 17.2 Å². The van der Waals surface area contributed by atoms with Crippen molar-refractivity contribution in [3.05, 3.63) is 59.8 Å². The summed E-state index contributed by atoms with van der Waals surface area (Å²) >= 11 is 0. The molecule has 0 aliphatic heterocycles. The second kappa shape index (κ2) is 6.40. The molecule has 4 nitrogen and oxygen atoms in total. The fourth-order valence-electron chi connectivity index (χ4n) is 2.38. The first-order valence-corrected chi connectivity index (χ1v) is 7.20. The van der Waals surface area contributed by atoms with Crippen molar-refractivity contribution in [2.24, 2.45) is 0 Å². The van der Waals surface area contributed by atoms with Crippen molar-refractivity contribution in [2.75, 3.05) is 14.2 Å². The van der Waals surface area contributed by atoms with E-state index in [9.17, 15) is 5.11 Å². The topological polar surface area (TPSA) is 51.6 Å². The number of phenols is 1. The van der Waals surface area contributed by atoms with Gasteiger partial charge in [-0.15, -0.1) is 0 Å². The van der Waals surface area contributed by atoms with E-state index in [4.69, 9.17) is 9.47 Å². The molecular formula is C19H17NO3. The first-order chi connectivity index (χ1) is 11.2. The summed E-state index contributed by atoms with van der Waals surface area (Å²) in [6.07, 6.45) is 3.79. The molecule has 23 heavy (non-hydrogen) atoms. The van der Waals surface area contributed by atoms with Crippen LogP contribution in [0.15, 0.2) is 48.5 Å². The van der Waals surface area contributed by atoms with Crippen LogP contribution in [0, 0.1) is 0 Å². The molecule has 116 valence electrons. The molecule has 0 spiro atoms. The normalized spacial score (nSPS) is 11.0. The number of benzene rings is 2. The molecule has 1 N–H and O–H groups in total. The number of fused-ring (bicyclic) bond motifs is 1. The molecule has 1 aromatic heterocycles. The van der Waals surface area contributed by atoms with Gasteiger partial charge in [0.25, 0.3) is 0 Å². The first kappa shape index (κ1) is 14.9. The Morgan fingerprint density at radius 1 is 0.957 bits per heavy atom. The Morgan fingerprint density at radius 2 is 1.83 bits per heavy atom. The maximum absolute atomic E-state index is 9.91. The van der Waals surface area contributed by atoms with E-state index in [2.05, 4.69) is 4.98 Å². The molecule has 0 bridgehead atoms. The highest BCUT2D eigenvalue weighted by Gasteiger charge is 2.03. The summed E-state index contributed by atoms with van der Waals surface area (Å²) in [5.74, 6) is 1.69. The van der Waals surface area contributed by atoms with Crippen LogP contribution in [0.25, 0.3) is 23.1 Å². The summed E-state index contributed by atoms with van der Waals surface area (Å²) in [7, 11) is 3.26. The zero-order valence-electron chi connectivity index (χ0n) is 13.0. The van der Waals surface area contributed by atoms with E-state index >= 15 is 0 Å². The maximum Gasteiger partial charge on any atom is 0.141 e. The minimum atomic E-state index is 0.178. The van der Waals surface area contributed by atoms with E-state index in [1.54, 1.807) is 26.4 Å². The van der Waals surface area contributed by atoms with E-state index in [-0.39, 0.29) is 5.75 Å². The third-order valence-electron chi connectivity index (χ3n) is 3.59. The highest BCUT2D eigenvalue weighted by atomic mass is 16.5. The van der Waals surface area contributed by atoms with Gasteiger partial charge in [0.1, 0.15) is 22.8 Å². The first-order valence-electron chi connectivity index (χ1n) is 7.20. The monoisotopic (exact) mass is 307 g/mol. The van der Waals surface area contributed by atoms with E-state index in [0.717, 1.165) is 28.1 Å². The van der Waals surface area contributed by atoms with Crippen LogP contribution in [0.3, 0.4) is 0 Å². The summed E-state index contributed by atoms with van der Waals surface area (Å²) in [6, 6.07) is 14.8. The van der Waals surface area contributed by atoms with Crippen molar-refractivity contribution in [3.63, 3.8) is 0 Å². The number of phenolic OH excluding ortho intramolecular Hbond substituents is 1. The van der Waals surface area contributed by atoms with Gasteiger partial charge >= 0.3 is 0 Å². The van der Waals surface area contributed by atoms with Crippen molar-refractivity contribution in [1.82, 2.24) is 4.98 Å². The van der Waals surface area contributed by atoms with Crippen molar-refractivity contribution < 1.29 is 14.6 Å². The summed E-state index contributed by atoms with van der Waals surface area (Å²) in [5, 5.41) is 10.8. The number of nitrogens with zero attached hydrogens (tertiary/aromatic N) is 1. The molecule has 0 saturated carbocycles. The highest BCUT2D eigenvalue weighted by Crippen LogP contribution is 2.27. The smallest absolute Gasteiger partial charge is 0.141 e. The highest BCUT2D eigenvalue weighted by molar-refractivity contribution is 5.85. The van der Waals surface area contributed by atoms with Gasteiger partial charge in [-0.05, 0) is 42.5 Å². The second-order valence-corrected chi connectivity index (χ2v) is 5.03. The summed E-state index contributed by atoms with van der Waals surface area (Å²) < 4.78 is 10.6. The van der Waals surface area contributed by atoms with Crippen LogP contribution in [0.2, 0.25) is 0 Å².